The van der Waals surface area contributed by atoms with Crippen molar-refractivity contribution in [3.8, 4) is 0 Å². The van der Waals surface area contributed by atoms with Gasteiger partial charge in [-0.3, -0.25) is 4.90 Å². The molecular formula is C15H21FN2O2. The summed E-state index contributed by atoms with van der Waals surface area (Å²) < 4.78 is 18.8. The average molecular weight is 280 g/mol. The molecular weight excluding hydrogens is 259 g/mol. The lowest BCUT2D eigenvalue weighted by Gasteiger charge is -2.30. The van der Waals surface area contributed by atoms with Gasteiger partial charge in [0.1, 0.15) is 11.4 Å². The van der Waals surface area contributed by atoms with Gasteiger partial charge in [0.15, 0.2) is 0 Å². The highest BCUT2D eigenvalue weighted by Crippen LogP contribution is 2.24. The Labute approximate surface area is 118 Å². The highest BCUT2D eigenvalue weighted by molar-refractivity contribution is 5.70. The molecule has 0 aliphatic carbocycles. The van der Waals surface area contributed by atoms with Crippen LogP contribution in [0.1, 0.15) is 33.3 Å². The molecule has 2 rings (SSSR count). The summed E-state index contributed by atoms with van der Waals surface area (Å²) in [6.45, 7) is 8.39. The quantitative estimate of drug-likeness (QED) is 0.792. The minimum absolute atomic E-state index is 0.0275. The molecule has 4 nitrogen and oxygen atoms in total. The predicted octanol–water partition coefficient (Wildman–Crippen LogP) is 3.38. The second-order valence-corrected chi connectivity index (χ2v) is 6.14. The number of nitrogens with one attached hydrogen (secondary N) is 1. The molecule has 20 heavy (non-hydrogen) atoms. The molecule has 1 atom stereocenters. The van der Waals surface area contributed by atoms with Gasteiger partial charge in [0.05, 0.1) is 6.54 Å². The predicted molar refractivity (Wildman–Crippen MR) is 76.1 cm³/mol. The molecule has 1 aromatic rings. The fourth-order valence-electron chi connectivity index (χ4n) is 2.14. The van der Waals surface area contributed by atoms with Crippen LogP contribution >= 0.6 is 0 Å². The van der Waals surface area contributed by atoms with Gasteiger partial charge in [-0.2, -0.15) is 0 Å². The first kappa shape index (κ1) is 14.6. The summed E-state index contributed by atoms with van der Waals surface area (Å²) in [5.41, 5.74) is 1.09. The van der Waals surface area contributed by atoms with Crippen LogP contribution in [0.4, 0.5) is 14.9 Å². The average Bonchev–Trinajstić information content (AvgIpc) is 2.47. The Morgan fingerprint density at radius 2 is 2.15 bits per heavy atom. The van der Waals surface area contributed by atoms with Gasteiger partial charge in [0.2, 0.25) is 0 Å². The molecule has 0 saturated heterocycles. The van der Waals surface area contributed by atoms with E-state index in [1.165, 1.54) is 12.1 Å². The summed E-state index contributed by atoms with van der Waals surface area (Å²) in [5, 5.41) is 3.23. The van der Waals surface area contributed by atoms with E-state index < -0.39 is 5.60 Å². The van der Waals surface area contributed by atoms with Gasteiger partial charge in [-0.05, 0) is 51.5 Å². The van der Waals surface area contributed by atoms with Crippen LogP contribution in [0.2, 0.25) is 0 Å². The second-order valence-electron chi connectivity index (χ2n) is 6.14. The number of halogens is 1. The molecule has 0 aromatic heterocycles. The zero-order chi connectivity index (χ0) is 14.9. The maximum absolute atomic E-state index is 13.4. The van der Waals surface area contributed by atoms with Crippen molar-refractivity contribution in [2.24, 2.45) is 0 Å². The number of hydrogen-bond donors (Lipinski definition) is 1. The standard InChI is InChI=1S/C15H21FN2O2/c1-10-8-17-13-6-5-12(16)7-11(13)9-18(10)14(19)20-15(2,3)4/h5-7,10,17H,8-9H2,1-4H3/t10-/m1/s1. The zero-order valence-electron chi connectivity index (χ0n) is 12.4. The Balaban J connectivity index is 2.23. The van der Waals surface area contributed by atoms with E-state index in [1.54, 1.807) is 11.0 Å². The number of hydrogen-bond acceptors (Lipinski definition) is 3. The Morgan fingerprint density at radius 3 is 2.80 bits per heavy atom. The number of carbonyl (C=O) groups is 1. The summed E-state index contributed by atoms with van der Waals surface area (Å²) in [5.74, 6) is -0.302. The summed E-state index contributed by atoms with van der Waals surface area (Å²) in [4.78, 5) is 13.9. The van der Waals surface area contributed by atoms with E-state index in [0.717, 1.165) is 11.3 Å². The fourth-order valence-corrected chi connectivity index (χ4v) is 2.14. The summed E-state index contributed by atoms with van der Waals surface area (Å²) in [6.07, 6.45) is -0.371. The van der Waals surface area contributed by atoms with Gasteiger partial charge in [0.25, 0.3) is 0 Å². The topological polar surface area (TPSA) is 41.6 Å². The highest BCUT2D eigenvalue weighted by Gasteiger charge is 2.28. The first-order valence-electron chi connectivity index (χ1n) is 6.78. The maximum atomic E-state index is 13.4. The van der Waals surface area contributed by atoms with Crippen molar-refractivity contribution in [1.82, 2.24) is 4.90 Å². The third-order valence-corrected chi connectivity index (χ3v) is 3.16. The van der Waals surface area contributed by atoms with E-state index in [1.807, 2.05) is 27.7 Å². The number of rotatable bonds is 0. The van der Waals surface area contributed by atoms with Crippen molar-refractivity contribution in [1.29, 1.82) is 0 Å². The van der Waals surface area contributed by atoms with Gasteiger partial charge in [-0.25, -0.2) is 9.18 Å². The van der Waals surface area contributed by atoms with E-state index in [0.29, 0.717) is 13.1 Å². The number of fused-ring (bicyclic) bond motifs is 1. The van der Waals surface area contributed by atoms with Crippen molar-refractivity contribution in [3.63, 3.8) is 0 Å². The lowest BCUT2D eigenvalue weighted by Crippen LogP contribution is -2.43. The molecule has 1 amide bonds. The monoisotopic (exact) mass is 280 g/mol. The largest absolute Gasteiger partial charge is 0.444 e. The number of anilines is 1. The van der Waals surface area contributed by atoms with Crippen molar-refractivity contribution < 1.29 is 13.9 Å². The molecule has 1 heterocycles. The third kappa shape index (κ3) is 3.40. The molecule has 1 aliphatic rings. The molecule has 110 valence electrons. The smallest absolute Gasteiger partial charge is 0.410 e. The van der Waals surface area contributed by atoms with Crippen LogP contribution in [0.25, 0.3) is 0 Å². The van der Waals surface area contributed by atoms with Crippen LogP contribution in [0.15, 0.2) is 18.2 Å². The van der Waals surface area contributed by atoms with Gasteiger partial charge >= 0.3 is 6.09 Å². The van der Waals surface area contributed by atoms with E-state index in [-0.39, 0.29) is 18.0 Å². The molecule has 0 unspecified atom stereocenters. The van der Waals surface area contributed by atoms with E-state index in [4.69, 9.17) is 4.74 Å². The van der Waals surface area contributed by atoms with Crippen LogP contribution in [0.3, 0.4) is 0 Å². The number of carbonyl (C=O) groups excluding carboxylic acids is 1. The number of benzene rings is 1. The summed E-state index contributed by atoms with van der Waals surface area (Å²) >= 11 is 0. The maximum Gasteiger partial charge on any atom is 0.410 e. The molecule has 0 fully saturated rings. The SMILES string of the molecule is C[C@@H]1CNc2ccc(F)cc2CN1C(=O)OC(C)(C)C. The molecule has 0 spiro atoms. The van der Waals surface area contributed by atoms with E-state index in [9.17, 15) is 9.18 Å². The van der Waals surface area contributed by atoms with E-state index >= 15 is 0 Å². The minimum Gasteiger partial charge on any atom is -0.444 e. The number of ether oxygens (including phenoxy) is 1. The Morgan fingerprint density at radius 1 is 1.45 bits per heavy atom. The van der Waals surface area contributed by atoms with Crippen molar-refractivity contribution in [2.75, 3.05) is 11.9 Å². The molecule has 1 N–H and O–H groups in total. The normalized spacial score (nSPS) is 18.9. The number of amides is 1. The highest BCUT2D eigenvalue weighted by atomic mass is 19.1. The van der Waals surface area contributed by atoms with Gasteiger partial charge in [-0.15, -0.1) is 0 Å². The van der Waals surface area contributed by atoms with E-state index in [2.05, 4.69) is 5.32 Å². The van der Waals surface area contributed by atoms with Crippen molar-refractivity contribution in [2.45, 2.75) is 45.9 Å². The van der Waals surface area contributed by atoms with Crippen LogP contribution in [-0.2, 0) is 11.3 Å². The minimum atomic E-state index is -0.540. The lowest BCUT2D eigenvalue weighted by molar-refractivity contribution is 0.0171. The van der Waals surface area contributed by atoms with Crippen LogP contribution in [-0.4, -0.2) is 29.2 Å². The first-order valence-corrected chi connectivity index (χ1v) is 6.78. The second kappa shape index (κ2) is 5.31. The van der Waals surface area contributed by atoms with Gasteiger partial charge in [0, 0.05) is 18.3 Å². The lowest BCUT2D eigenvalue weighted by atomic mass is 10.1. The summed E-state index contributed by atoms with van der Waals surface area (Å²) in [6, 6.07) is 4.55. The van der Waals surface area contributed by atoms with Crippen LogP contribution < -0.4 is 5.32 Å². The van der Waals surface area contributed by atoms with Crippen LogP contribution in [0.5, 0.6) is 0 Å². The summed E-state index contributed by atoms with van der Waals surface area (Å²) in [7, 11) is 0. The molecule has 1 aliphatic heterocycles. The Bertz CT molecular complexity index is 511. The molecule has 0 bridgehead atoms. The van der Waals surface area contributed by atoms with Gasteiger partial charge in [-0.1, -0.05) is 0 Å². The molecule has 1 aromatic carbocycles. The fraction of sp³-hybridized carbons (Fsp3) is 0.533. The Hall–Kier alpha value is -1.78. The zero-order valence-corrected chi connectivity index (χ0v) is 12.4. The molecule has 0 radical (unpaired) electrons. The molecule has 0 saturated carbocycles. The Kier molecular flexibility index (Phi) is 3.88. The first-order chi connectivity index (χ1) is 9.26. The third-order valence-electron chi connectivity index (χ3n) is 3.16. The molecule has 5 heteroatoms. The van der Waals surface area contributed by atoms with Gasteiger partial charge < -0.3 is 10.1 Å². The van der Waals surface area contributed by atoms with Crippen LogP contribution in [0, 0.1) is 5.82 Å². The van der Waals surface area contributed by atoms with Crippen molar-refractivity contribution in [3.05, 3.63) is 29.6 Å². The van der Waals surface area contributed by atoms with Crippen molar-refractivity contribution >= 4 is 11.8 Å². The number of nitrogens with zero attached hydrogens (tertiary/aromatic N) is 1.